The quantitative estimate of drug-likeness (QED) is 0.771. The summed E-state index contributed by atoms with van der Waals surface area (Å²) in [6.07, 6.45) is 2.18. The van der Waals surface area contributed by atoms with Gasteiger partial charge in [-0.3, -0.25) is 9.59 Å². The number of benzene rings is 1. The third kappa shape index (κ3) is 4.42. The van der Waals surface area contributed by atoms with Crippen molar-refractivity contribution < 1.29 is 18.8 Å². The van der Waals surface area contributed by atoms with Crippen molar-refractivity contribution in [2.24, 2.45) is 5.92 Å². The van der Waals surface area contributed by atoms with Gasteiger partial charge < -0.3 is 20.4 Å². The molecule has 2 saturated heterocycles. The number of piperazine rings is 1. The van der Waals surface area contributed by atoms with Crippen LogP contribution < -0.4 is 10.6 Å². The first kappa shape index (κ1) is 22.1. The van der Waals surface area contributed by atoms with Crippen LogP contribution in [0.1, 0.15) is 46.5 Å². The topological polar surface area (TPSA) is 81.8 Å². The second kappa shape index (κ2) is 9.02. The number of piperidine rings is 1. The molecule has 164 valence electrons. The highest BCUT2D eigenvalue weighted by molar-refractivity contribution is 6.00. The summed E-state index contributed by atoms with van der Waals surface area (Å²) < 4.78 is 13.1. The Balaban J connectivity index is 1.69. The van der Waals surface area contributed by atoms with Gasteiger partial charge in [0.15, 0.2) is 0 Å². The molecule has 1 aromatic rings. The molecule has 1 spiro atoms. The predicted octanol–water partition coefficient (Wildman–Crippen LogP) is 2.98. The van der Waals surface area contributed by atoms with Crippen molar-refractivity contribution in [2.75, 3.05) is 25.0 Å². The lowest BCUT2D eigenvalue weighted by atomic mass is 9.81. The summed E-state index contributed by atoms with van der Waals surface area (Å²) in [5.41, 5.74) is -0.385. The molecule has 2 fully saturated rings. The van der Waals surface area contributed by atoms with Gasteiger partial charge in [-0.15, -0.1) is 0 Å². The molecule has 2 aliphatic heterocycles. The van der Waals surface area contributed by atoms with Crippen molar-refractivity contribution in [2.45, 2.75) is 58.0 Å². The predicted molar refractivity (Wildman–Crippen MR) is 112 cm³/mol. The van der Waals surface area contributed by atoms with Gasteiger partial charge in [0, 0.05) is 25.3 Å². The number of halogens is 1. The fourth-order valence-corrected chi connectivity index (χ4v) is 4.37. The molecule has 2 aliphatic rings. The zero-order valence-corrected chi connectivity index (χ0v) is 17.9. The normalized spacial score (nSPS) is 21.2. The van der Waals surface area contributed by atoms with Gasteiger partial charge in [0.2, 0.25) is 11.8 Å². The van der Waals surface area contributed by atoms with Gasteiger partial charge in [0.1, 0.15) is 17.4 Å². The minimum absolute atomic E-state index is 0.0191. The zero-order chi connectivity index (χ0) is 21.9. The Morgan fingerprint density at radius 3 is 2.43 bits per heavy atom. The van der Waals surface area contributed by atoms with E-state index in [2.05, 4.69) is 10.6 Å². The highest BCUT2D eigenvalue weighted by atomic mass is 19.1. The van der Waals surface area contributed by atoms with Crippen LogP contribution >= 0.6 is 0 Å². The van der Waals surface area contributed by atoms with Crippen molar-refractivity contribution in [1.29, 1.82) is 0 Å². The number of rotatable bonds is 5. The third-order valence-corrected chi connectivity index (χ3v) is 5.94. The summed E-state index contributed by atoms with van der Waals surface area (Å²) in [5.74, 6) is -0.199. The molecule has 4 amide bonds. The third-order valence-electron chi connectivity index (χ3n) is 5.94. The lowest BCUT2D eigenvalue weighted by Crippen LogP contribution is -2.73. The molecule has 0 radical (unpaired) electrons. The molecule has 2 heterocycles. The van der Waals surface area contributed by atoms with Crippen LogP contribution in [0, 0.1) is 11.7 Å². The van der Waals surface area contributed by atoms with E-state index < -0.39 is 11.6 Å². The Morgan fingerprint density at radius 2 is 1.87 bits per heavy atom. The van der Waals surface area contributed by atoms with E-state index in [0.717, 1.165) is 6.42 Å². The van der Waals surface area contributed by atoms with Crippen molar-refractivity contribution in [3.8, 4) is 0 Å². The summed E-state index contributed by atoms with van der Waals surface area (Å²) in [6, 6.07) is 4.81. The van der Waals surface area contributed by atoms with Gasteiger partial charge in [-0.05, 0) is 55.9 Å². The molecule has 0 saturated carbocycles. The maximum Gasteiger partial charge on any atom is 0.321 e. The molecule has 30 heavy (non-hydrogen) atoms. The van der Waals surface area contributed by atoms with Crippen LogP contribution in [-0.2, 0) is 9.59 Å². The van der Waals surface area contributed by atoms with Crippen LogP contribution in [0.5, 0.6) is 0 Å². The first-order valence-corrected chi connectivity index (χ1v) is 10.7. The Morgan fingerprint density at radius 1 is 1.23 bits per heavy atom. The average molecular weight is 419 g/mol. The summed E-state index contributed by atoms with van der Waals surface area (Å²) in [5, 5.41) is 5.71. The number of carbonyl (C=O) groups is 3. The van der Waals surface area contributed by atoms with E-state index in [9.17, 15) is 18.8 Å². The summed E-state index contributed by atoms with van der Waals surface area (Å²) in [7, 11) is 0. The Labute approximate surface area is 177 Å². The lowest BCUT2D eigenvalue weighted by molar-refractivity contribution is -0.161. The second-order valence-electron chi connectivity index (χ2n) is 8.60. The van der Waals surface area contributed by atoms with E-state index in [-0.39, 0.29) is 23.7 Å². The number of hydrogen-bond acceptors (Lipinski definition) is 3. The molecular weight excluding hydrogens is 387 g/mol. The average Bonchev–Trinajstić information content (AvgIpc) is 2.71. The number of hydrogen-bond donors (Lipinski definition) is 2. The maximum absolute atomic E-state index is 13.1. The number of amides is 4. The van der Waals surface area contributed by atoms with Gasteiger partial charge in [-0.2, -0.15) is 0 Å². The first-order chi connectivity index (χ1) is 14.3. The number of urea groups is 1. The lowest BCUT2D eigenvalue weighted by Gasteiger charge is -2.51. The van der Waals surface area contributed by atoms with Gasteiger partial charge in [-0.25, -0.2) is 9.18 Å². The monoisotopic (exact) mass is 418 g/mol. The number of anilines is 1. The fraction of sp³-hybridized carbons (Fsp3) is 0.591. The molecular formula is C22H31FN4O3. The largest absolute Gasteiger partial charge is 0.342 e. The summed E-state index contributed by atoms with van der Waals surface area (Å²) in [6.45, 7) is 7.32. The molecule has 1 atom stereocenters. The van der Waals surface area contributed by atoms with Gasteiger partial charge in [-0.1, -0.05) is 20.8 Å². The molecule has 3 rings (SSSR count). The number of nitrogens with one attached hydrogen (secondary N) is 2. The van der Waals surface area contributed by atoms with Crippen molar-refractivity contribution in [3.63, 3.8) is 0 Å². The van der Waals surface area contributed by atoms with Gasteiger partial charge in [0.25, 0.3) is 0 Å². The van der Waals surface area contributed by atoms with E-state index in [1.165, 1.54) is 24.3 Å². The van der Waals surface area contributed by atoms with E-state index in [0.29, 0.717) is 50.5 Å². The number of nitrogens with zero attached hydrogens (tertiary/aromatic N) is 2. The van der Waals surface area contributed by atoms with Crippen molar-refractivity contribution in [3.05, 3.63) is 30.1 Å². The van der Waals surface area contributed by atoms with Crippen molar-refractivity contribution >= 4 is 23.5 Å². The van der Waals surface area contributed by atoms with Crippen LogP contribution in [0.25, 0.3) is 0 Å². The van der Waals surface area contributed by atoms with Crippen molar-refractivity contribution in [1.82, 2.24) is 15.1 Å². The summed E-state index contributed by atoms with van der Waals surface area (Å²) >= 11 is 0. The highest BCUT2D eigenvalue weighted by Crippen LogP contribution is 2.34. The van der Waals surface area contributed by atoms with Crippen LogP contribution in [0.15, 0.2) is 24.3 Å². The van der Waals surface area contributed by atoms with Crippen LogP contribution in [0.4, 0.5) is 14.9 Å². The fourth-order valence-electron chi connectivity index (χ4n) is 4.37. The summed E-state index contributed by atoms with van der Waals surface area (Å²) in [4.78, 5) is 42.3. The molecule has 0 aromatic heterocycles. The minimum atomic E-state index is -0.896. The molecule has 8 heteroatoms. The Hall–Kier alpha value is -2.64. The number of likely N-dealkylation sites (tertiary alicyclic amines) is 1. The highest BCUT2D eigenvalue weighted by Gasteiger charge is 2.53. The molecule has 1 unspecified atom stereocenters. The Kier molecular flexibility index (Phi) is 6.63. The Bertz CT molecular complexity index is 788. The molecule has 0 bridgehead atoms. The second-order valence-corrected chi connectivity index (χ2v) is 8.60. The van der Waals surface area contributed by atoms with E-state index in [1.807, 2.05) is 20.8 Å². The maximum atomic E-state index is 13.1. The van der Waals surface area contributed by atoms with Gasteiger partial charge >= 0.3 is 6.03 Å². The number of carbonyl (C=O) groups excluding carboxylic acids is 3. The molecule has 7 nitrogen and oxygen atoms in total. The smallest absolute Gasteiger partial charge is 0.321 e. The molecule has 2 N–H and O–H groups in total. The minimum Gasteiger partial charge on any atom is -0.342 e. The van der Waals surface area contributed by atoms with E-state index in [1.54, 1.807) is 9.80 Å². The van der Waals surface area contributed by atoms with E-state index >= 15 is 0 Å². The molecule has 1 aromatic carbocycles. The van der Waals surface area contributed by atoms with Crippen LogP contribution in [-0.4, -0.2) is 58.9 Å². The van der Waals surface area contributed by atoms with E-state index in [4.69, 9.17) is 0 Å². The standard InChI is InChI=1S/C22H31FN4O3/c1-4-11-27-19(28)18(14-15(2)3)25-20(29)22(27)9-12-26(13-10-22)21(30)24-17-7-5-16(23)6-8-17/h5-8,15,18H,4,9-14H2,1-3H3,(H,24,30)(H,25,29). The SMILES string of the molecule is CCCN1C(=O)C(CC(C)C)NC(=O)C12CCN(C(=O)Nc1ccc(F)cc1)CC2. The first-order valence-electron chi connectivity index (χ1n) is 10.7. The van der Waals surface area contributed by atoms with Crippen LogP contribution in [0.3, 0.4) is 0 Å². The van der Waals surface area contributed by atoms with Gasteiger partial charge in [0.05, 0.1) is 0 Å². The zero-order valence-electron chi connectivity index (χ0n) is 17.9. The molecule has 0 aliphatic carbocycles. The van der Waals surface area contributed by atoms with Crippen LogP contribution in [0.2, 0.25) is 0 Å².